The molecule has 0 unspecified atom stereocenters. The third kappa shape index (κ3) is 3.95. The lowest BCUT2D eigenvalue weighted by Crippen LogP contribution is -2.26. The average molecular weight is 323 g/mol. The number of nitrogens with one attached hydrogen (secondary N) is 1. The molecule has 0 aliphatic heterocycles. The molecule has 21 heavy (non-hydrogen) atoms. The number of carbonyl (C=O) groups is 1. The number of unbranched alkanes of at least 4 members (excludes halogenated alkanes) is 1. The van der Waals surface area contributed by atoms with Gasteiger partial charge in [0.1, 0.15) is 15.7 Å². The van der Waals surface area contributed by atoms with Crippen LogP contribution in [-0.2, 0) is 4.79 Å². The van der Waals surface area contributed by atoms with Gasteiger partial charge >= 0.3 is 0 Å². The molecule has 1 amide bonds. The molecular weight excluding hydrogens is 302 g/mol. The second-order valence-corrected chi connectivity index (χ2v) is 7.20. The molecule has 0 atom stereocenters. The molecule has 4 nitrogen and oxygen atoms in total. The van der Waals surface area contributed by atoms with Crippen molar-refractivity contribution in [1.82, 2.24) is 15.3 Å². The smallest absolute Gasteiger partial charge is 0.230 e. The van der Waals surface area contributed by atoms with Crippen molar-refractivity contribution in [2.24, 2.45) is 0 Å². The Kier molecular flexibility index (Phi) is 5.58. The number of fused-ring (bicyclic) bond motifs is 1. The minimum Gasteiger partial charge on any atom is -0.355 e. The standard InChI is InChI=1S/C15H21N3OS2/c1-5-6-7-16-12(19)8-20-14-13-9(2)10(3)21-15(13)18-11(4)17-14/h5-8H2,1-4H3,(H,16,19). The summed E-state index contributed by atoms with van der Waals surface area (Å²) in [5, 5.41) is 4.96. The van der Waals surface area contributed by atoms with Crippen molar-refractivity contribution >= 4 is 39.2 Å². The number of rotatable bonds is 6. The van der Waals surface area contributed by atoms with E-state index in [1.54, 1.807) is 11.3 Å². The Morgan fingerprint density at radius 3 is 2.76 bits per heavy atom. The minimum atomic E-state index is 0.0717. The number of aryl methyl sites for hydroxylation is 3. The molecule has 2 aromatic rings. The zero-order valence-electron chi connectivity index (χ0n) is 12.9. The van der Waals surface area contributed by atoms with Gasteiger partial charge < -0.3 is 5.32 Å². The fraction of sp³-hybridized carbons (Fsp3) is 0.533. The Labute approximate surface area is 133 Å². The van der Waals surface area contributed by atoms with E-state index in [0.29, 0.717) is 5.75 Å². The van der Waals surface area contributed by atoms with Crippen LogP contribution in [0, 0.1) is 20.8 Å². The van der Waals surface area contributed by atoms with Crippen LogP contribution in [0.3, 0.4) is 0 Å². The average Bonchev–Trinajstić information content (AvgIpc) is 2.71. The van der Waals surface area contributed by atoms with Crippen molar-refractivity contribution in [1.29, 1.82) is 0 Å². The van der Waals surface area contributed by atoms with Gasteiger partial charge in [-0.25, -0.2) is 9.97 Å². The fourth-order valence-electron chi connectivity index (χ4n) is 2.01. The second-order valence-electron chi connectivity index (χ2n) is 5.03. The number of hydrogen-bond acceptors (Lipinski definition) is 5. The number of hydrogen-bond donors (Lipinski definition) is 1. The van der Waals surface area contributed by atoms with Crippen LogP contribution >= 0.6 is 23.1 Å². The lowest BCUT2D eigenvalue weighted by molar-refractivity contribution is -0.118. The molecule has 1 N–H and O–H groups in total. The first kappa shape index (κ1) is 16.2. The van der Waals surface area contributed by atoms with E-state index in [1.807, 2.05) is 6.92 Å². The van der Waals surface area contributed by atoms with E-state index in [9.17, 15) is 4.79 Å². The Morgan fingerprint density at radius 2 is 2.05 bits per heavy atom. The van der Waals surface area contributed by atoms with E-state index in [0.717, 1.165) is 40.5 Å². The van der Waals surface area contributed by atoms with Crippen LogP contribution in [0.5, 0.6) is 0 Å². The largest absolute Gasteiger partial charge is 0.355 e. The first-order chi connectivity index (χ1) is 10.0. The van der Waals surface area contributed by atoms with Crippen molar-refractivity contribution in [3.05, 3.63) is 16.3 Å². The summed E-state index contributed by atoms with van der Waals surface area (Å²) in [6.45, 7) is 8.96. The van der Waals surface area contributed by atoms with Gasteiger partial charge in [0.15, 0.2) is 0 Å². The summed E-state index contributed by atoms with van der Waals surface area (Å²) >= 11 is 3.19. The fourth-order valence-corrected chi connectivity index (χ4v) is 4.11. The van der Waals surface area contributed by atoms with Crippen molar-refractivity contribution in [3.63, 3.8) is 0 Å². The number of thioether (sulfide) groups is 1. The first-order valence-corrected chi connectivity index (χ1v) is 8.97. The molecule has 0 aliphatic carbocycles. The maximum atomic E-state index is 11.8. The molecule has 0 spiro atoms. The van der Waals surface area contributed by atoms with Crippen molar-refractivity contribution < 1.29 is 4.79 Å². The van der Waals surface area contributed by atoms with Crippen LogP contribution in [0.4, 0.5) is 0 Å². The molecule has 0 radical (unpaired) electrons. The molecular formula is C15H21N3OS2. The van der Waals surface area contributed by atoms with Crippen molar-refractivity contribution in [2.75, 3.05) is 12.3 Å². The van der Waals surface area contributed by atoms with Gasteiger partial charge in [0.2, 0.25) is 5.91 Å². The molecule has 0 bridgehead atoms. The second kappa shape index (κ2) is 7.22. The predicted molar refractivity (Wildman–Crippen MR) is 90.3 cm³/mol. The highest BCUT2D eigenvalue weighted by Crippen LogP contribution is 2.34. The van der Waals surface area contributed by atoms with Gasteiger partial charge in [0.25, 0.3) is 0 Å². The number of nitrogens with zero attached hydrogens (tertiary/aromatic N) is 2. The Balaban J connectivity index is 2.13. The molecule has 0 fully saturated rings. The maximum Gasteiger partial charge on any atom is 0.230 e. The lowest BCUT2D eigenvalue weighted by Gasteiger charge is -2.06. The van der Waals surface area contributed by atoms with Crippen LogP contribution in [0.1, 0.15) is 36.0 Å². The van der Waals surface area contributed by atoms with E-state index < -0.39 is 0 Å². The number of thiophene rings is 1. The van der Waals surface area contributed by atoms with Gasteiger partial charge in [-0.2, -0.15) is 0 Å². The molecule has 114 valence electrons. The SMILES string of the molecule is CCCCNC(=O)CSc1nc(C)nc2sc(C)c(C)c12. The quantitative estimate of drug-likeness (QED) is 0.501. The molecule has 0 aliphatic rings. The number of carbonyl (C=O) groups excluding carboxylic acids is 1. The van der Waals surface area contributed by atoms with E-state index in [4.69, 9.17) is 0 Å². The minimum absolute atomic E-state index is 0.0717. The lowest BCUT2D eigenvalue weighted by atomic mass is 10.2. The maximum absolute atomic E-state index is 11.8. The number of aromatic nitrogens is 2. The van der Waals surface area contributed by atoms with E-state index in [-0.39, 0.29) is 5.91 Å². The highest BCUT2D eigenvalue weighted by Gasteiger charge is 2.14. The van der Waals surface area contributed by atoms with Gasteiger partial charge in [0.05, 0.1) is 5.75 Å². The Bertz CT molecular complexity index is 652. The zero-order valence-corrected chi connectivity index (χ0v) is 14.6. The van der Waals surface area contributed by atoms with Crippen LogP contribution in [0.2, 0.25) is 0 Å². The first-order valence-electron chi connectivity index (χ1n) is 7.16. The molecule has 0 saturated carbocycles. The summed E-state index contributed by atoms with van der Waals surface area (Å²) in [5.41, 5.74) is 1.23. The predicted octanol–water partition coefficient (Wildman–Crippen LogP) is 3.62. The monoisotopic (exact) mass is 323 g/mol. The third-order valence-corrected chi connectivity index (χ3v) is 5.38. The van der Waals surface area contributed by atoms with Crippen LogP contribution in [-0.4, -0.2) is 28.2 Å². The van der Waals surface area contributed by atoms with Crippen molar-refractivity contribution in [3.8, 4) is 0 Å². The summed E-state index contributed by atoms with van der Waals surface area (Å²) in [4.78, 5) is 23.1. The molecule has 2 heterocycles. The molecule has 0 aromatic carbocycles. The highest BCUT2D eigenvalue weighted by atomic mass is 32.2. The molecule has 2 rings (SSSR count). The molecule has 0 saturated heterocycles. The van der Waals surface area contributed by atoms with E-state index in [2.05, 4.69) is 36.1 Å². The highest BCUT2D eigenvalue weighted by molar-refractivity contribution is 8.00. The summed E-state index contributed by atoms with van der Waals surface area (Å²) in [6.07, 6.45) is 2.11. The topological polar surface area (TPSA) is 54.9 Å². The van der Waals surface area contributed by atoms with Crippen LogP contribution < -0.4 is 5.32 Å². The van der Waals surface area contributed by atoms with E-state index >= 15 is 0 Å². The van der Waals surface area contributed by atoms with Gasteiger partial charge in [-0.1, -0.05) is 25.1 Å². The van der Waals surface area contributed by atoms with Crippen molar-refractivity contribution in [2.45, 2.75) is 45.6 Å². The Hall–Kier alpha value is -1.14. The van der Waals surface area contributed by atoms with Gasteiger partial charge in [-0.15, -0.1) is 11.3 Å². The van der Waals surface area contributed by atoms with Crippen LogP contribution in [0.15, 0.2) is 5.03 Å². The van der Waals surface area contributed by atoms with Gasteiger partial charge in [0, 0.05) is 16.8 Å². The van der Waals surface area contributed by atoms with Crippen LogP contribution in [0.25, 0.3) is 10.2 Å². The molecule has 2 aromatic heterocycles. The molecule has 6 heteroatoms. The van der Waals surface area contributed by atoms with E-state index in [1.165, 1.54) is 22.2 Å². The summed E-state index contributed by atoms with van der Waals surface area (Å²) < 4.78 is 0. The zero-order chi connectivity index (χ0) is 15.4. The summed E-state index contributed by atoms with van der Waals surface area (Å²) in [7, 11) is 0. The third-order valence-electron chi connectivity index (χ3n) is 3.30. The van der Waals surface area contributed by atoms with Gasteiger partial charge in [-0.3, -0.25) is 4.79 Å². The summed E-state index contributed by atoms with van der Waals surface area (Å²) in [5.74, 6) is 1.24. The normalized spacial score (nSPS) is 11.0. The Morgan fingerprint density at radius 1 is 1.29 bits per heavy atom. The summed E-state index contributed by atoms with van der Waals surface area (Å²) in [6, 6.07) is 0. The number of amides is 1. The van der Waals surface area contributed by atoms with Gasteiger partial charge in [-0.05, 0) is 32.8 Å².